The smallest absolute Gasteiger partial charge is 0.436 e. The number of carbonyl (C=O) groups is 1. The molecule has 0 aliphatic rings. The highest BCUT2D eigenvalue weighted by Gasteiger charge is 2.38. The molecule has 2 aromatic heterocycles. The molecule has 0 atom stereocenters. The van der Waals surface area contributed by atoms with E-state index in [1.54, 1.807) is 0 Å². The molecule has 0 aromatic carbocycles. The van der Waals surface area contributed by atoms with Crippen molar-refractivity contribution in [2.24, 2.45) is 0 Å². The first-order valence-corrected chi connectivity index (χ1v) is 6.19. The summed E-state index contributed by atoms with van der Waals surface area (Å²) in [5, 5.41) is 8.32. The summed E-state index contributed by atoms with van der Waals surface area (Å²) < 4.78 is 97.0. The lowest BCUT2D eigenvalue weighted by Gasteiger charge is -2.07. The molecule has 0 saturated heterocycles. The molecule has 0 fully saturated rings. The Kier molecular flexibility index (Phi) is 7.91. The maximum absolute atomic E-state index is 12.9. The number of rotatable bonds is 1. The second kappa shape index (κ2) is 8.79. The van der Waals surface area contributed by atoms with Crippen molar-refractivity contribution in [3.8, 4) is 0 Å². The normalized spacial score (nSPS) is 11.1. The van der Waals surface area contributed by atoms with Crippen LogP contribution in [0.4, 0.5) is 40.8 Å². The number of alkyl halides is 6. The van der Waals surface area contributed by atoms with Crippen LogP contribution in [0.25, 0.3) is 0 Å². The molecule has 2 heterocycles. The molecule has 0 radical (unpaired) electrons. The van der Waals surface area contributed by atoms with Gasteiger partial charge < -0.3 is 10.8 Å². The molecule has 150 valence electrons. The molecule has 27 heavy (non-hydrogen) atoms. The van der Waals surface area contributed by atoms with Gasteiger partial charge >= 0.3 is 18.3 Å². The number of anilines is 1. The Hall–Kier alpha value is -2.70. The van der Waals surface area contributed by atoms with Gasteiger partial charge in [-0.1, -0.05) is 0 Å². The van der Waals surface area contributed by atoms with E-state index >= 15 is 0 Å². The van der Waals surface area contributed by atoms with E-state index in [1.165, 1.54) is 0 Å². The Balaban J connectivity index is 0.000000488. The van der Waals surface area contributed by atoms with Gasteiger partial charge in [-0.2, -0.15) is 26.3 Å². The van der Waals surface area contributed by atoms with Crippen LogP contribution in [0.3, 0.4) is 0 Å². The summed E-state index contributed by atoms with van der Waals surface area (Å²) in [5.74, 6) is -5.16. The lowest BCUT2D eigenvalue weighted by Crippen LogP contribution is -2.14. The van der Waals surface area contributed by atoms with Gasteiger partial charge in [0.15, 0.2) is 23.0 Å². The van der Waals surface area contributed by atoms with Crippen molar-refractivity contribution >= 4 is 24.1 Å². The summed E-state index contributed by atoms with van der Waals surface area (Å²) in [6, 6.07) is 1.62. The fraction of sp³-hybridized carbons (Fsp3) is 0.154. The van der Waals surface area contributed by atoms with Crippen LogP contribution in [0.15, 0.2) is 24.5 Å². The molecule has 0 amide bonds. The summed E-state index contributed by atoms with van der Waals surface area (Å²) in [4.78, 5) is 15.8. The third-order valence-corrected chi connectivity index (χ3v) is 2.58. The highest BCUT2D eigenvalue weighted by Crippen LogP contribution is 2.31. The Morgan fingerprint density at radius 3 is 1.67 bits per heavy atom. The number of nitrogen functional groups attached to an aromatic ring is 1. The zero-order valence-corrected chi connectivity index (χ0v) is 13.4. The van der Waals surface area contributed by atoms with Crippen LogP contribution in [-0.2, 0) is 12.4 Å². The Labute approximate surface area is 151 Å². The van der Waals surface area contributed by atoms with Crippen molar-refractivity contribution in [1.82, 2.24) is 9.97 Å². The molecule has 0 bridgehead atoms. The van der Waals surface area contributed by atoms with Crippen molar-refractivity contribution in [2.45, 2.75) is 12.4 Å². The second-order valence-electron chi connectivity index (χ2n) is 4.38. The average molecular weight is 426 g/mol. The first kappa shape index (κ1) is 24.3. The molecular formula is C13H8ClF8N3O2. The first-order valence-electron chi connectivity index (χ1n) is 6.19. The maximum atomic E-state index is 12.9. The Bertz CT molecular complexity index is 811. The topological polar surface area (TPSA) is 89.1 Å². The van der Waals surface area contributed by atoms with Crippen LogP contribution in [0.5, 0.6) is 0 Å². The predicted molar refractivity (Wildman–Crippen MR) is 77.0 cm³/mol. The van der Waals surface area contributed by atoms with Gasteiger partial charge in [-0.15, -0.1) is 12.4 Å². The standard InChI is InChI=1S/C7H3F4NO2.C6H4F4N2.ClH/c8-4-3(6(13)14)1-2-12-5(4)7(9,10)11;7-4-3(11)1-2-12-5(4)6(8,9)10;/h1-2H,(H,13,14);1-2H,(H2,11,12);1H. The van der Waals surface area contributed by atoms with Gasteiger partial charge in [0.05, 0.1) is 11.3 Å². The van der Waals surface area contributed by atoms with Gasteiger partial charge in [0.25, 0.3) is 0 Å². The van der Waals surface area contributed by atoms with Crippen molar-refractivity contribution in [3.63, 3.8) is 0 Å². The molecular weight excluding hydrogens is 418 g/mol. The van der Waals surface area contributed by atoms with Crippen LogP contribution < -0.4 is 5.73 Å². The van der Waals surface area contributed by atoms with Gasteiger partial charge in [0.2, 0.25) is 0 Å². The van der Waals surface area contributed by atoms with Crippen LogP contribution in [-0.4, -0.2) is 21.0 Å². The maximum Gasteiger partial charge on any atom is 0.436 e. The monoisotopic (exact) mass is 425 g/mol. The van der Waals surface area contributed by atoms with E-state index < -0.39 is 52.6 Å². The van der Waals surface area contributed by atoms with E-state index in [9.17, 15) is 39.9 Å². The van der Waals surface area contributed by atoms with E-state index in [-0.39, 0.29) is 12.4 Å². The summed E-state index contributed by atoms with van der Waals surface area (Å²) in [6.45, 7) is 0. The SMILES string of the molecule is Cl.Nc1ccnc(C(F)(F)F)c1F.O=C(O)c1ccnc(C(F)(F)F)c1F. The summed E-state index contributed by atoms with van der Waals surface area (Å²) in [6.07, 6.45) is -8.38. The number of halogens is 9. The third-order valence-electron chi connectivity index (χ3n) is 2.58. The molecule has 14 heteroatoms. The lowest BCUT2D eigenvalue weighted by molar-refractivity contribution is -0.144. The molecule has 0 saturated carbocycles. The van der Waals surface area contributed by atoms with Crippen molar-refractivity contribution in [3.05, 3.63) is 53.1 Å². The van der Waals surface area contributed by atoms with E-state index in [1.807, 2.05) is 0 Å². The molecule has 0 aliphatic carbocycles. The van der Waals surface area contributed by atoms with Gasteiger partial charge in [0, 0.05) is 12.4 Å². The fourth-order valence-electron chi connectivity index (χ4n) is 1.46. The molecule has 0 aliphatic heterocycles. The van der Waals surface area contributed by atoms with Crippen LogP contribution >= 0.6 is 12.4 Å². The van der Waals surface area contributed by atoms with Gasteiger partial charge in [0.1, 0.15) is 0 Å². The molecule has 0 unspecified atom stereocenters. The van der Waals surface area contributed by atoms with Crippen LogP contribution in [0, 0.1) is 11.6 Å². The van der Waals surface area contributed by atoms with Crippen LogP contribution in [0.2, 0.25) is 0 Å². The Morgan fingerprint density at radius 2 is 1.30 bits per heavy atom. The van der Waals surface area contributed by atoms with Crippen LogP contribution in [0.1, 0.15) is 21.7 Å². The Morgan fingerprint density at radius 1 is 0.889 bits per heavy atom. The molecule has 0 spiro atoms. The largest absolute Gasteiger partial charge is 0.478 e. The van der Waals surface area contributed by atoms with E-state index in [2.05, 4.69) is 9.97 Å². The number of carboxylic acids is 1. The summed E-state index contributed by atoms with van der Waals surface area (Å²) in [7, 11) is 0. The predicted octanol–water partition coefficient (Wildman–Crippen LogP) is 4.18. The number of nitrogens with zero attached hydrogens (tertiary/aromatic N) is 2. The number of hydrogen-bond acceptors (Lipinski definition) is 4. The van der Waals surface area contributed by atoms with Crippen molar-refractivity contribution in [2.75, 3.05) is 5.73 Å². The van der Waals surface area contributed by atoms with E-state index in [4.69, 9.17) is 10.8 Å². The number of pyridine rings is 2. The zero-order chi connectivity index (χ0) is 20.3. The minimum atomic E-state index is -4.99. The number of nitrogens with two attached hydrogens (primary N) is 1. The molecule has 2 aromatic rings. The first-order chi connectivity index (χ1) is 11.8. The summed E-state index contributed by atoms with van der Waals surface area (Å²) >= 11 is 0. The lowest BCUT2D eigenvalue weighted by atomic mass is 10.2. The number of carboxylic acid groups (broad SMARTS) is 1. The van der Waals surface area contributed by atoms with Crippen molar-refractivity contribution in [1.29, 1.82) is 0 Å². The fourth-order valence-corrected chi connectivity index (χ4v) is 1.46. The molecule has 2 rings (SSSR count). The zero-order valence-electron chi connectivity index (χ0n) is 12.6. The molecule has 5 nitrogen and oxygen atoms in total. The minimum absolute atomic E-state index is 0. The van der Waals surface area contributed by atoms with Gasteiger partial charge in [-0.3, -0.25) is 0 Å². The summed E-state index contributed by atoms with van der Waals surface area (Å²) in [5.41, 5.74) is -0.107. The number of aromatic nitrogens is 2. The molecule has 3 N–H and O–H groups in total. The van der Waals surface area contributed by atoms with Gasteiger partial charge in [-0.25, -0.2) is 23.5 Å². The highest BCUT2D eigenvalue weighted by molar-refractivity contribution is 5.87. The highest BCUT2D eigenvalue weighted by atomic mass is 35.5. The minimum Gasteiger partial charge on any atom is -0.478 e. The average Bonchev–Trinajstić information content (AvgIpc) is 2.48. The van der Waals surface area contributed by atoms with Gasteiger partial charge in [-0.05, 0) is 12.1 Å². The van der Waals surface area contributed by atoms with E-state index in [0.717, 1.165) is 12.3 Å². The quantitative estimate of drug-likeness (QED) is 0.669. The third kappa shape index (κ3) is 6.20. The van der Waals surface area contributed by atoms with E-state index in [0.29, 0.717) is 12.3 Å². The number of hydrogen-bond donors (Lipinski definition) is 2. The second-order valence-corrected chi connectivity index (χ2v) is 4.38. The number of aromatic carboxylic acids is 1. The van der Waals surface area contributed by atoms with Crippen molar-refractivity contribution < 1.29 is 45.0 Å².